The molecule has 262 valence electrons. The minimum atomic E-state index is -0.351. The predicted octanol–water partition coefficient (Wildman–Crippen LogP) is 13.6. The average molecular weight is 731 g/mol. The molecule has 8 aromatic carbocycles. The fourth-order valence-corrected chi connectivity index (χ4v) is 10.0. The fraction of sp³-hybridized carbons (Fsp3) is 0.0189. The molecule has 0 saturated carbocycles. The first-order chi connectivity index (χ1) is 27.7. The Labute approximate surface area is 331 Å². The van der Waals surface area contributed by atoms with Gasteiger partial charge in [-0.05, 0) is 73.8 Å². The van der Waals surface area contributed by atoms with Crippen LogP contribution in [-0.4, -0.2) is 9.97 Å². The van der Waals surface area contributed by atoms with E-state index in [4.69, 9.17) is 9.97 Å². The first-order valence-electron chi connectivity index (χ1n) is 19.1. The van der Waals surface area contributed by atoms with Gasteiger partial charge in [0, 0.05) is 26.5 Å². The molecule has 0 N–H and O–H groups in total. The molecular formula is C53H34N2S. The van der Waals surface area contributed by atoms with E-state index in [9.17, 15) is 0 Å². The minimum Gasteiger partial charge on any atom is -0.228 e. The van der Waals surface area contributed by atoms with E-state index in [0.29, 0.717) is 5.82 Å². The molecule has 0 amide bonds. The van der Waals surface area contributed by atoms with Crippen molar-refractivity contribution >= 4 is 11.8 Å². The SMILES string of the molecule is c1ccc(-c2cc(-c3ccccc3)nc(-c3ccc(-c4ccc(-c5ccc6c(c5)Sc5ccccc5C65c6ccccc6-c6ccccc65)cc4)cc3)n2)cc1. The lowest BCUT2D eigenvalue weighted by Gasteiger charge is -2.39. The van der Waals surface area contributed by atoms with Crippen LogP contribution in [0.25, 0.3) is 67.3 Å². The van der Waals surface area contributed by atoms with Crippen LogP contribution in [0.5, 0.6) is 0 Å². The normalized spacial score (nSPS) is 13.1. The Morgan fingerprint density at radius 2 is 0.732 bits per heavy atom. The highest BCUT2D eigenvalue weighted by Crippen LogP contribution is 2.62. The van der Waals surface area contributed by atoms with Crippen LogP contribution in [0, 0.1) is 0 Å². The van der Waals surface area contributed by atoms with Crippen molar-refractivity contribution in [3.05, 3.63) is 229 Å². The molecule has 1 aromatic heterocycles. The van der Waals surface area contributed by atoms with E-state index in [2.05, 4.69) is 170 Å². The summed E-state index contributed by atoms with van der Waals surface area (Å²) in [6, 6.07) is 74.4. The van der Waals surface area contributed by atoms with Crippen LogP contribution >= 0.6 is 11.8 Å². The highest BCUT2D eigenvalue weighted by atomic mass is 32.2. The molecule has 0 atom stereocenters. The number of fused-ring (bicyclic) bond motifs is 9. The van der Waals surface area contributed by atoms with Crippen LogP contribution in [0.3, 0.4) is 0 Å². The third kappa shape index (κ3) is 5.20. The third-order valence-corrected chi connectivity index (χ3v) is 12.5. The summed E-state index contributed by atoms with van der Waals surface area (Å²) in [6.07, 6.45) is 0. The molecule has 1 spiro atoms. The van der Waals surface area contributed by atoms with Crippen molar-refractivity contribution in [2.24, 2.45) is 0 Å². The summed E-state index contributed by atoms with van der Waals surface area (Å²) in [5.74, 6) is 0.714. The van der Waals surface area contributed by atoms with Gasteiger partial charge in [-0.3, -0.25) is 0 Å². The second kappa shape index (κ2) is 13.2. The molecular weight excluding hydrogens is 697 g/mol. The van der Waals surface area contributed by atoms with Crippen molar-refractivity contribution in [1.82, 2.24) is 9.97 Å². The largest absolute Gasteiger partial charge is 0.228 e. The molecule has 0 radical (unpaired) electrons. The van der Waals surface area contributed by atoms with E-state index in [0.717, 1.165) is 33.6 Å². The van der Waals surface area contributed by atoms with Gasteiger partial charge >= 0.3 is 0 Å². The van der Waals surface area contributed by atoms with Gasteiger partial charge in [-0.15, -0.1) is 0 Å². The van der Waals surface area contributed by atoms with Gasteiger partial charge in [-0.25, -0.2) is 9.97 Å². The van der Waals surface area contributed by atoms with Gasteiger partial charge in [0.05, 0.1) is 16.8 Å². The van der Waals surface area contributed by atoms with E-state index in [1.165, 1.54) is 59.9 Å². The Balaban J connectivity index is 0.929. The van der Waals surface area contributed by atoms with E-state index >= 15 is 0 Å². The summed E-state index contributed by atoms with van der Waals surface area (Å²) < 4.78 is 0. The summed E-state index contributed by atoms with van der Waals surface area (Å²) in [5.41, 5.74) is 17.4. The number of nitrogens with zero attached hydrogens (tertiary/aromatic N) is 2. The minimum absolute atomic E-state index is 0.351. The quantitative estimate of drug-likeness (QED) is 0.176. The number of hydrogen-bond donors (Lipinski definition) is 0. The van der Waals surface area contributed by atoms with Crippen LogP contribution in [0.1, 0.15) is 22.3 Å². The number of aromatic nitrogens is 2. The molecule has 56 heavy (non-hydrogen) atoms. The molecule has 11 rings (SSSR count). The lowest BCUT2D eigenvalue weighted by Crippen LogP contribution is -2.31. The predicted molar refractivity (Wildman–Crippen MR) is 231 cm³/mol. The molecule has 0 fully saturated rings. The number of hydrogen-bond acceptors (Lipinski definition) is 3. The molecule has 1 aliphatic carbocycles. The second-order valence-electron chi connectivity index (χ2n) is 14.5. The number of rotatable bonds is 5. The Bertz CT molecular complexity index is 2810. The van der Waals surface area contributed by atoms with Gasteiger partial charge in [-0.1, -0.05) is 200 Å². The van der Waals surface area contributed by atoms with Gasteiger partial charge in [0.2, 0.25) is 0 Å². The molecule has 9 aromatic rings. The van der Waals surface area contributed by atoms with Gasteiger partial charge in [0.25, 0.3) is 0 Å². The van der Waals surface area contributed by atoms with Crippen molar-refractivity contribution in [2.75, 3.05) is 0 Å². The molecule has 0 saturated heterocycles. The average Bonchev–Trinajstić information content (AvgIpc) is 3.57. The van der Waals surface area contributed by atoms with Gasteiger partial charge in [-0.2, -0.15) is 0 Å². The smallest absolute Gasteiger partial charge is 0.160 e. The Kier molecular flexibility index (Phi) is 7.68. The van der Waals surface area contributed by atoms with E-state index in [1.807, 2.05) is 48.2 Å². The summed E-state index contributed by atoms with van der Waals surface area (Å²) in [5, 5.41) is 0. The topological polar surface area (TPSA) is 25.8 Å². The molecule has 2 aliphatic rings. The maximum Gasteiger partial charge on any atom is 0.160 e. The zero-order valence-electron chi connectivity index (χ0n) is 30.4. The molecule has 1 aliphatic heterocycles. The highest BCUT2D eigenvalue weighted by Gasteiger charge is 2.50. The van der Waals surface area contributed by atoms with Crippen LogP contribution in [0.4, 0.5) is 0 Å². The van der Waals surface area contributed by atoms with Crippen molar-refractivity contribution < 1.29 is 0 Å². The van der Waals surface area contributed by atoms with E-state index in [1.54, 1.807) is 0 Å². The maximum absolute atomic E-state index is 5.02. The monoisotopic (exact) mass is 730 g/mol. The van der Waals surface area contributed by atoms with Crippen LogP contribution < -0.4 is 0 Å². The third-order valence-electron chi connectivity index (χ3n) is 11.4. The van der Waals surface area contributed by atoms with Crippen LogP contribution in [0.15, 0.2) is 216 Å². The summed E-state index contributed by atoms with van der Waals surface area (Å²) >= 11 is 1.89. The van der Waals surface area contributed by atoms with Gasteiger partial charge in [0.15, 0.2) is 5.82 Å². The van der Waals surface area contributed by atoms with E-state index < -0.39 is 0 Å². The summed E-state index contributed by atoms with van der Waals surface area (Å²) in [4.78, 5) is 12.7. The zero-order chi connectivity index (χ0) is 37.1. The summed E-state index contributed by atoms with van der Waals surface area (Å²) in [7, 11) is 0. The highest BCUT2D eigenvalue weighted by molar-refractivity contribution is 7.99. The fourth-order valence-electron chi connectivity index (χ4n) is 8.80. The van der Waals surface area contributed by atoms with Gasteiger partial charge in [0.1, 0.15) is 0 Å². The standard InChI is InChI=1S/C53H34N2S/c1-3-13-38(14-4-1)48-34-49(39-15-5-2-6-16-39)55-52(54-48)40-29-27-36(28-30-40)35-23-25-37(26-24-35)41-31-32-47-51(33-41)56-50-22-12-11-21-46(50)53(47)44-19-9-7-17-42(44)43-18-8-10-20-45(43)53/h1-34H. The molecule has 3 heteroatoms. The molecule has 2 heterocycles. The zero-order valence-corrected chi connectivity index (χ0v) is 31.2. The van der Waals surface area contributed by atoms with Crippen molar-refractivity contribution in [2.45, 2.75) is 15.2 Å². The Morgan fingerprint density at radius 3 is 1.30 bits per heavy atom. The molecule has 0 bridgehead atoms. The van der Waals surface area contributed by atoms with E-state index in [-0.39, 0.29) is 5.41 Å². The Hall–Kier alpha value is -6.81. The lowest BCUT2D eigenvalue weighted by atomic mass is 9.67. The second-order valence-corrected chi connectivity index (χ2v) is 15.6. The molecule has 2 nitrogen and oxygen atoms in total. The van der Waals surface area contributed by atoms with Gasteiger partial charge < -0.3 is 0 Å². The lowest BCUT2D eigenvalue weighted by molar-refractivity contribution is 0.722. The maximum atomic E-state index is 5.02. The Morgan fingerprint density at radius 1 is 0.304 bits per heavy atom. The first kappa shape index (κ1) is 32.6. The van der Waals surface area contributed by atoms with Crippen LogP contribution in [0.2, 0.25) is 0 Å². The van der Waals surface area contributed by atoms with Crippen molar-refractivity contribution in [3.63, 3.8) is 0 Å². The molecule has 0 unspecified atom stereocenters. The summed E-state index contributed by atoms with van der Waals surface area (Å²) in [6.45, 7) is 0. The number of benzene rings is 8. The first-order valence-corrected chi connectivity index (χ1v) is 19.9. The van der Waals surface area contributed by atoms with Crippen LogP contribution in [-0.2, 0) is 5.41 Å². The van der Waals surface area contributed by atoms with Crippen molar-refractivity contribution in [1.29, 1.82) is 0 Å². The van der Waals surface area contributed by atoms with Crippen molar-refractivity contribution in [3.8, 4) is 67.3 Å².